The first-order valence-electron chi connectivity index (χ1n) is 8.47. The fraction of sp³-hybridized carbons (Fsp3) is 0.421. The third kappa shape index (κ3) is 2.83. The van der Waals surface area contributed by atoms with Crippen LogP contribution in [-0.2, 0) is 20.9 Å². The molecule has 7 nitrogen and oxygen atoms in total. The van der Waals surface area contributed by atoms with Crippen molar-refractivity contribution in [2.45, 2.75) is 25.0 Å². The lowest BCUT2D eigenvalue weighted by Crippen LogP contribution is -2.65. The average Bonchev–Trinajstić information content (AvgIpc) is 3.17. The van der Waals surface area contributed by atoms with E-state index in [1.54, 1.807) is 30.3 Å². The molecule has 2 saturated carbocycles. The van der Waals surface area contributed by atoms with Crippen molar-refractivity contribution < 1.29 is 29.3 Å². The Morgan fingerprint density at radius 2 is 1.92 bits per heavy atom. The van der Waals surface area contributed by atoms with Crippen molar-refractivity contribution >= 4 is 18.0 Å². The summed E-state index contributed by atoms with van der Waals surface area (Å²) in [5.74, 6) is -4.67. The topological polar surface area (TPSA) is 113 Å². The Kier molecular flexibility index (Phi) is 4.71. The van der Waals surface area contributed by atoms with E-state index >= 15 is 0 Å². The molecule has 2 bridgehead atoms. The van der Waals surface area contributed by atoms with E-state index < -0.39 is 35.4 Å². The smallest absolute Gasteiger partial charge is 0.408 e. The molecule has 3 rings (SSSR count). The second-order valence-corrected chi connectivity index (χ2v) is 6.91. The van der Waals surface area contributed by atoms with Crippen molar-refractivity contribution in [1.29, 1.82) is 0 Å². The normalized spacial score (nSPS) is 32.0. The van der Waals surface area contributed by atoms with E-state index in [4.69, 9.17) is 4.74 Å². The van der Waals surface area contributed by atoms with Crippen LogP contribution in [0.1, 0.15) is 18.4 Å². The van der Waals surface area contributed by atoms with Gasteiger partial charge in [0.05, 0.1) is 5.92 Å². The molecule has 0 radical (unpaired) electrons. The molecule has 0 aromatic heterocycles. The molecule has 3 N–H and O–H groups in total. The summed E-state index contributed by atoms with van der Waals surface area (Å²) in [5.41, 5.74) is -1.11. The molecular formula is C19H21NO6. The Labute approximate surface area is 150 Å². The molecule has 2 aliphatic rings. The quantitative estimate of drug-likeness (QED) is 0.672. The third-order valence-corrected chi connectivity index (χ3v) is 5.67. The summed E-state index contributed by atoms with van der Waals surface area (Å²) in [7, 11) is 0. The van der Waals surface area contributed by atoms with E-state index in [0.29, 0.717) is 12.8 Å². The number of rotatable bonds is 6. The summed E-state index contributed by atoms with van der Waals surface area (Å²) in [6.45, 7) is 3.70. The average molecular weight is 359 g/mol. The molecule has 0 spiro atoms. The largest absolute Gasteiger partial charge is 0.481 e. The first-order valence-corrected chi connectivity index (χ1v) is 8.47. The number of hydrogen-bond acceptors (Lipinski definition) is 4. The van der Waals surface area contributed by atoms with E-state index in [2.05, 4.69) is 11.9 Å². The third-order valence-electron chi connectivity index (χ3n) is 5.67. The number of carbonyl (C=O) groups excluding carboxylic acids is 1. The number of alkyl carbamates (subject to hydrolysis) is 1. The molecule has 0 saturated heterocycles. The van der Waals surface area contributed by atoms with Crippen LogP contribution in [0.3, 0.4) is 0 Å². The maximum atomic E-state index is 12.3. The number of hydrogen-bond donors (Lipinski definition) is 3. The number of carboxylic acids is 2. The maximum Gasteiger partial charge on any atom is 0.408 e. The van der Waals surface area contributed by atoms with E-state index in [1.165, 1.54) is 0 Å². The van der Waals surface area contributed by atoms with E-state index in [1.807, 2.05) is 6.07 Å². The molecule has 7 heteroatoms. The highest BCUT2D eigenvalue weighted by molar-refractivity contribution is 5.92. The molecule has 1 amide bonds. The molecule has 5 atom stereocenters. The lowest BCUT2D eigenvalue weighted by molar-refractivity contribution is -0.161. The summed E-state index contributed by atoms with van der Waals surface area (Å²) in [4.78, 5) is 36.2. The zero-order chi connectivity index (χ0) is 18.9. The SMILES string of the molecule is C=C[C@H]1C[C@H]2C[C@@H]1[C@H](C(=O)O)[C@@]2(NC(=O)OCc1ccccc1)C(=O)O. The van der Waals surface area contributed by atoms with Crippen molar-refractivity contribution in [3.63, 3.8) is 0 Å². The van der Waals surface area contributed by atoms with Crippen molar-refractivity contribution in [2.75, 3.05) is 0 Å². The molecule has 138 valence electrons. The van der Waals surface area contributed by atoms with Crippen LogP contribution < -0.4 is 5.32 Å². The van der Waals surface area contributed by atoms with Crippen molar-refractivity contribution in [3.8, 4) is 0 Å². The Bertz CT molecular complexity index is 733. The lowest BCUT2D eigenvalue weighted by Gasteiger charge is -2.40. The van der Waals surface area contributed by atoms with Gasteiger partial charge in [0, 0.05) is 0 Å². The number of amides is 1. The van der Waals surface area contributed by atoms with Crippen LogP contribution in [0.25, 0.3) is 0 Å². The molecule has 0 aliphatic heterocycles. The number of carboxylic acid groups (broad SMARTS) is 2. The van der Waals surface area contributed by atoms with Crippen LogP contribution >= 0.6 is 0 Å². The second kappa shape index (κ2) is 6.82. The van der Waals surface area contributed by atoms with Gasteiger partial charge in [-0.25, -0.2) is 9.59 Å². The highest BCUT2D eigenvalue weighted by Gasteiger charge is 2.68. The second-order valence-electron chi connectivity index (χ2n) is 6.91. The van der Waals surface area contributed by atoms with Crippen LogP contribution in [0.15, 0.2) is 43.0 Å². The molecule has 1 aromatic rings. The van der Waals surface area contributed by atoms with Crippen molar-refractivity contribution in [3.05, 3.63) is 48.6 Å². The highest BCUT2D eigenvalue weighted by Crippen LogP contribution is 2.57. The fourth-order valence-electron chi connectivity index (χ4n) is 4.57. The predicted octanol–water partition coefficient (Wildman–Crippen LogP) is 2.28. The maximum absolute atomic E-state index is 12.3. The number of aliphatic carboxylic acids is 2. The molecule has 0 unspecified atom stereocenters. The summed E-state index contributed by atoms with van der Waals surface area (Å²) >= 11 is 0. The lowest BCUT2D eigenvalue weighted by atomic mass is 9.68. The zero-order valence-corrected chi connectivity index (χ0v) is 14.1. The van der Waals surface area contributed by atoms with Gasteiger partial charge in [-0.3, -0.25) is 4.79 Å². The van der Waals surface area contributed by atoms with Crippen molar-refractivity contribution in [1.82, 2.24) is 5.32 Å². The molecule has 26 heavy (non-hydrogen) atoms. The van der Waals surface area contributed by atoms with Gasteiger partial charge in [0.15, 0.2) is 5.54 Å². The first-order chi connectivity index (χ1) is 12.4. The van der Waals surface area contributed by atoms with Gasteiger partial charge in [0.2, 0.25) is 0 Å². The Hall–Kier alpha value is -2.83. The van der Waals surface area contributed by atoms with Crippen LogP contribution in [0.2, 0.25) is 0 Å². The fourth-order valence-corrected chi connectivity index (χ4v) is 4.57. The van der Waals surface area contributed by atoms with Gasteiger partial charge >= 0.3 is 18.0 Å². The minimum Gasteiger partial charge on any atom is -0.481 e. The van der Waals surface area contributed by atoms with Crippen LogP contribution in [0.5, 0.6) is 0 Å². The Balaban J connectivity index is 1.79. The summed E-state index contributed by atoms with van der Waals surface area (Å²) in [6.07, 6.45) is 1.67. The van der Waals surface area contributed by atoms with E-state index in [0.717, 1.165) is 5.56 Å². The van der Waals surface area contributed by atoms with Gasteiger partial charge in [-0.05, 0) is 36.2 Å². The Morgan fingerprint density at radius 1 is 1.23 bits per heavy atom. The van der Waals surface area contributed by atoms with Gasteiger partial charge in [-0.15, -0.1) is 6.58 Å². The van der Waals surface area contributed by atoms with Gasteiger partial charge in [-0.2, -0.15) is 0 Å². The number of allylic oxidation sites excluding steroid dienone is 1. The van der Waals surface area contributed by atoms with Gasteiger partial charge < -0.3 is 20.3 Å². The van der Waals surface area contributed by atoms with Crippen molar-refractivity contribution in [2.24, 2.45) is 23.7 Å². The van der Waals surface area contributed by atoms with Crippen LogP contribution in [-0.4, -0.2) is 33.8 Å². The number of carbonyl (C=O) groups is 3. The van der Waals surface area contributed by atoms with Gasteiger partial charge in [0.25, 0.3) is 0 Å². The standard InChI is InChI=1S/C19H21NO6/c1-2-12-8-13-9-14(12)15(16(21)22)19(13,17(23)24)20-18(25)26-10-11-6-4-3-5-7-11/h2-7,12-15H,1,8-10H2,(H,20,25)(H,21,22)(H,23,24)/t12-,13-,14-,15+,19+/m0/s1. The van der Waals surface area contributed by atoms with E-state index in [9.17, 15) is 24.6 Å². The molecule has 2 aliphatic carbocycles. The molecular weight excluding hydrogens is 338 g/mol. The van der Waals surface area contributed by atoms with Gasteiger partial charge in [-0.1, -0.05) is 36.4 Å². The molecule has 2 fully saturated rings. The zero-order valence-electron chi connectivity index (χ0n) is 14.1. The summed E-state index contributed by atoms with van der Waals surface area (Å²) in [6, 6.07) is 8.95. The van der Waals surface area contributed by atoms with E-state index in [-0.39, 0.29) is 18.4 Å². The number of nitrogens with one attached hydrogen (secondary N) is 1. The first kappa shape index (κ1) is 18.0. The summed E-state index contributed by atoms with van der Waals surface area (Å²) < 4.78 is 5.13. The van der Waals surface area contributed by atoms with Crippen LogP contribution in [0, 0.1) is 23.7 Å². The number of ether oxygens (including phenoxy) is 1. The summed E-state index contributed by atoms with van der Waals surface area (Å²) in [5, 5.41) is 21.9. The molecule has 0 heterocycles. The minimum absolute atomic E-state index is 0.0243. The van der Waals surface area contributed by atoms with Crippen LogP contribution in [0.4, 0.5) is 4.79 Å². The Morgan fingerprint density at radius 3 is 2.50 bits per heavy atom. The predicted molar refractivity (Wildman–Crippen MR) is 91.2 cm³/mol. The number of fused-ring (bicyclic) bond motifs is 2. The number of benzene rings is 1. The monoisotopic (exact) mass is 359 g/mol. The van der Waals surface area contributed by atoms with Gasteiger partial charge in [0.1, 0.15) is 6.61 Å². The molecule has 1 aromatic carbocycles. The highest BCUT2D eigenvalue weighted by atomic mass is 16.5. The minimum atomic E-state index is -1.86.